The van der Waals surface area contributed by atoms with Gasteiger partial charge in [0.05, 0.1) is 24.5 Å². The van der Waals surface area contributed by atoms with Crippen LogP contribution in [0.1, 0.15) is 22.7 Å². The number of carbonyl (C=O) groups excluding carboxylic acids is 1. The van der Waals surface area contributed by atoms with Crippen LogP contribution in [-0.4, -0.2) is 46.4 Å². The fourth-order valence-electron chi connectivity index (χ4n) is 4.07. The number of benzene rings is 2. The highest BCUT2D eigenvalue weighted by molar-refractivity contribution is 7.89. The number of fused-ring (bicyclic) bond motifs is 2. The molecule has 1 unspecified atom stereocenters. The van der Waals surface area contributed by atoms with Crippen molar-refractivity contribution in [3.05, 3.63) is 64.7 Å². The first kappa shape index (κ1) is 23.5. The molecule has 0 fully saturated rings. The molecule has 0 N–H and O–H groups in total. The third-order valence-electron chi connectivity index (χ3n) is 5.88. The molecule has 2 aliphatic rings. The lowest BCUT2D eigenvalue weighted by Gasteiger charge is -2.32. The summed E-state index contributed by atoms with van der Waals surface area (Å²) in [6, 6.07) is 12.5. The zero-order valence-corrected chi connectivity index (χ0v) is 21.1. The zero-order valence-electron chi connectivity index (χ0n) is 19.3. The second-order valence-corrected chi connectivity index (χ2v) is 17.1. The summed E-state index contributed by atoms with van der Waals surface area (Å²) in [5, 5.41) is 0. The van der Waals surface area contributed by atoms with Gasteiger partial charge in [-0.2, -0.15) is 4.31 Å². The van der Waals surface area contributed by atoms with Crippen LogP contribution < -0.4 is 9.47 Å². The van der Waals surface area contributed by atoms with E-state index in [0.717, 1.165) is 11.1 Å². The van der Waals surface area contributed by atoms with Crippen LogP contribution in [0.2, 0.25) is 25.7 Å². The molecule has 4 rings (SSSR count). The molecule has 7 nitrogen and oxygen atoms in total. The second-order valence-electron chi connectivity index (χ2n) is 9.45. The number of esters is 1. The summed E-state index contributed by atoms with van der Waals surface area (Å²) >= 11 is 0. The molecule has 0 saturated heterocycles. The number of methoxy groups -OCH3 is 1. The van der Waals surface area contributed by atoms with Gasteiger partial charge in [0.25, 0.3) is 0 Å². The maximum absolute atomic E-state index is 13.8. The van der Waals surface area contributed by atoms with E-state index in [1.54, 1.807) is 24.3 Å². The minimum atomic E-state index is -3.75. The summed E-state index contributed by atoms with van der Waals surface area (Å²) in [5.74, 6) is 0.410. The molecule has 0 spiro atoms. The number of para-hydroxylation sites is 1. The first-order valence-electron chi connectivity index (χ1n) is 10.9. The Morgan fingerprint density at radius 1 is 1.12 bits per heavy atom. The van der Waals surface area contributed by atoms with Crippen LogP contribution in [0.3, 0.4) is 0 Å². The van der Waals surface area contributed by atoms with E-state index in [0.29, 0.717) is 23.1 Å². The summed E-state index contributed by atoms with van der Waals surface area (Å²) in [7, 11) is -4.08. The van der Waals surface area contributed by atoms with Crippen LogP contribution in [-0.2, 0) is 26.1 Å². The van der Waals surface area contributed by atoms with Gasteiger partial charge in [0.1, 0.15) is 0 Å². The van der Waals surface area contributed by atoms with E-state index < -0.39 is 30.1 Å². The standard InChI is InChI=1S/C24H29NO6SSi/c1-29-24(26)20-14-17-8-5-6-9-18(17)15-25(32(27,28)12-13-33(2,3)4)22(20)19-10-7-11-21-23(19)31-16-30-21/h5-11,14,22H,12-13,15-16H2,1-4H3. The van der Waals surface area contributed by atoms with Gasteiger partial charge in [-0.15, -0.1) is 0 Å². The number of nitrogens with zero attached hydrogens (tertiary/aromatic N) is 1. The van der Waals surface area contributed by atoms with Crippen molar-refractivity contribution < 1.29 is 27.4 Å². The van der Waals surface area contributed by atoms with Crippen molar-refractivity contribution in [2.75, 3.05) is 19.7 Å². The molecule has 2 aromatic carbocycles. The van der Waals surface area contributed by atoms with Crippen molar-refractivity contribution in [2.45, 2.75) is 38.3 Å². The lowest BCUT2D eigenvalue weighted by molar-refractivity contribution is -0.136. The molecule has 0 bridgehead atoms. The first-order valence-corrected chi connectivity index (χ1v) is 16.2. The van der Waals surface area contributed by atoms with Crippen LogP contribution in [0.4, 0.5) is 0 Å². The lowest BCUT2D eigenvalue weighted by Crippen LogP contribution is -2.39. The monoisotopic (exact) mass is 487 g/mol. The zero-order chi connectivity index (χ0) is 23.8. The van der Waals surface area contributed by atoms with Crippen molar-refractivity contribution in [1.82, 2.24) is 4.31 Å². The van der Waals surface area contributed by atoms with Gasteiger partial charge in [0.15, 0.2) is 11.5 Å². The highest BCUT2D eigenvalue weighted by Gasteiger charge is 2.41. The normalized spacial score (nSPS) is 18.3. The van der Waals surface area contributed by atoms with Gasteiger partial charge < -0.3 is 14.2 Å². The Labute approximate surface area is 196 Å². The van der Waals surface area contributed by atoms with Gasteiger partial charge in [0, 0.05) is 20.2 Å². The Kier molecular flexibility index (Phi) is 6.39. The number of sulfonamides is 1. The summed E-state index contributed by atoms with van der Waals surface area (Å²) in [5.41, 5.74) is 2.41. The number of hydrogen-bond acceptors (Lipinski definition) is 6. The number of ether oxygens (including phenoxy) is 3. The number of hydrogen-bond donors (Lipinski definition) is 0. The van der Waals surface area contributed by atoms with Gasteiger partial charge >= 0.3 is 5.97 Å². The van der Waals surface area contributed by atoms with Gasteiger partial charge in [-0.25, -0.2) is 13.2 Å². The molecule has 0 radical (unpaired) electrons. The molecule has 2 aliphatic heterocycles. The largest absolute Gasteiger partial charge is 0.466 e. The third kappa shape index (κ3) is 4.85. The Balaban J connectivity index is 1.93. The van der Waals surface area contributed by atoms with E-state index in [1.807, 2.05) is 24.3 Å². The molecule has 2 aromatic rings. The minimum absolute atomic E-state index is 0.0161. The van der Waals surface area contributed by atoms with Crippen LogP contribution in [0.25, 0.3) is 6.08 Å². The van der Waals surface area contributed by atoms with E-state index in [-0.39, 0.29) is 24.7 Å². The molecule has 33 heavy (non-hydrogen) atoms. The molecule has 1 atom stereocenters. The van der Waals surface area contributed by atoms with Crippen molar-refractivity contribution >= 4 is 30.1 Å². The lowest BCUT2D eigenvalue weighted by atomic mass is 9.96. The quantitative estimate of drug-likeness (QED) is 0.449. The van der Waals surface area contributed by atoms with E-state index in [1.165, 1.54) is 11.4 Å². The Bertz CT molecular complexity index is 1200. The fourth-order valence-corrected chi connectivity index (χ4v) is 8.67. The summed E-state index contributed by atoms with van der Waals surface area (Å²) in [6.45, 7) is 6.61. The van der Waals surface area contributed by atoms with E-state index in [9.17, 15) is 13.2 Å². The molecule has 0 amide bonds. The molecule has 9 heteroatoms. The smallest absolute Gasteiger partial charge is 0.335 e. The fraction of sp³-hybridized carbons (Fsp3) is 0.375. The van der Waals surface area contributed by atoms with Crippen molar-refractivity contribution in [1.29, 1.82) is 0 Å². The first-order chi connectivity index (χ1) is 15.6. The molecule has 2 heterocycles. The molecule has 176 valence electrons. The van der Waals surface area contributed by atoms with E-state index >= 15 is 0 Å². The van der Waals surface area contributed by atoms with Crippen molar-refractivity contribution in [3.63, 3.8) is 0 Å². The summed E-state index contributed by atoms with van der Waals surface area (Å²) in [6.07, 6.45) is 1.73. The molecule has 0 saturated carbocycles. The van der Waals surface area contributed by atoms with E-state index in [4.69, 9.17) is 14.2 Å². The number of rotatable bonds is 6. The van der Waals surface area contributed by atoms with E-state index in [2.05, 4.69) is 19.6 Å². The Hall–Kier alpha value is -2.62. The van der Waals surface area contributed by atoms with Crippen LogP contribution in [0.15, 0.2) is 48.0 Å². The molecule has 0 aliphatic carbocycles. The Morgan fingerprint density at radius 3 is 2.61 bits per heavy atom. The maximum Gasteiger partial charge on any atom is 0.335 e. The average molecular weight is 488 g/mol. The maximum atomic E-state index is 13.8. The van der Waals surface area contributed by atoms with Crippen molar-refractivity contribution in [3.8, 4) is 11.5 Å². The van der Waals surface area contributed by atoms with Crippen LogP contribution in [0, 0.1) is 0 Å². The van der Waals surface area contributed by atoms with Gasteiger partial charge in [-0.3, -0.25) is 0 Å². The minimum Gasteiger partial charge on any atom is -0.466 e. The van der Waals surface area contributed by atoms with Crippen LogP contribution in [0.5, 0.6) is 11.5 Å². The predicted molar refractivity (Wildman–Crippen MR) is 129 cm³/mol. The third-order valence-corrected chi connectivity index (χ3v) is 9.77. The summed E-state index contributed by atoms with van der Waals surface area (Å²) < 4.78 is 45.5. The summed E-state index contributed by atoms with van der Waals surface area (Å²) in [4.78, 5) is 13.0. The molecular weight excluding hydrogens is 458 g/mol. The topological polar surface area (TPSA) is 82.1 Å². The SMILES string of the molecule is COC(=O)C1=Cc2ccccc2CN(S(=O)(=O)CC[Si](C)(C)C)C1c1cccc2c1OCO2. The Morgan fingerprint density at radius 2 is 1.88 bits per heavy atom. The molecule has 0 aromatic heterocycles. The van der Waals surface area contributed by atoms with Gasteiger partial charge in [-0.1, -0.05) is 56.0 Å². The van der Waals surface area contributed by atoms with Gasteiger partial charge in [-0.05, 0) is 29.3 Å². The van der Waals surface area contributed by atoms with Crippen LogP contribution >= 0.6 is 0 Å². The predicted octanol–water partition coefficient (Wildman–Crippen LogP) is 4.20. The average Bonchev–Trinajstić information content (AvgIpc) is 3.18. The highest BCUT2D eigenvalue weighted by atomic mass is 32.2. The van der Waals surface area contributed by atoms with Gasteiger partial charge in [0.2, 0.25) is 16.8 Å². The highest BCUT2D eigenvalue weighted by Crippen LogP contribution is 2.46. The van der Waals surface area contributed by atoms with Crippen molar-refractivity contribution in [2.24, 2.45) is 0 Å². The number of carbonyl (C=O) groups is 1. The second kappa shape index (κ2) is 8.96. The molecular formula is C24H29NO6SSi.